The summed E-state index contributed by atoms with van der Waals surface area (Å²) in [5.41, 5.74) is 0. The minimum Gasteiger partial charge on any atom is -0.480 e. The number of hydrogen-bond donors (Lipinski definition) is 2. The summed E-state index contributed by atoms with van der Waals surface area (Å²) >= 11 is 0. The van der Waals surface area contributed by atoms with E-state index in [1.165, 1.54) is 26.4 Å². The van der Waals surface area contributed by atoms with Gasteiger partial charge in [0.15, 0.2) is 0 Å². The highest BCUT2D eigenvalue weighted by atomic mass is 16.5. The van der Waals surface area contributed by atoms with Crippen LogP contribution in [-0.4, -0.2) is 36.9 Å². The molecule has 4 heteroatoms. The highest BCUT2D eigenvalue weighted by Gasteiger charge is 2.22. The maximum atomic E-state index is 10.8. The topological polar surface area (TPSA) is 58.6 Å². The predicted octanol–water partition coefficient (Wildman–Crippen LogP) is 1.01. The molecule has 2 N–H and O–H groups in total. The Hall–Kier alpha value is -0.610. The number of rotatable bonds is 5. The van der Waals surface area contributed by atoms with Crippen molar-refractivity contribution in [2.75, 3.05) is 13.7 Å². The van der Waals surface area contributed by atoms with Crippen molar-refractivity contribution in [1.82, 2.24) is 5.32 Å². The molecule has 82 valence electrons. The predicted molar refractivity (Wildman–Crippen MR) is 53.3 cm³/mol. The molecule has 0 bridgehead atoms. The number of methoxy groups -OCH3 is 1. The van der Waals surface area contributed by atoms with Crippen molar-refractivity contribution >= 4 is 5.97 Å². The fourth-order valence-corrected chi connectivity index (χ4v) is 1.91. The van der Waals surface area contributed by atoms with Crippen molar-refractivity contribution in [2.24, 2.45) is 0 Å². The van der Waals surface area contributed by atoms with Gasteiger partial charge in [-0.1, -0.05) is 19.3 Å². The van der Waals surface area contributed by atoms with Gasteiger partial charge in [-0.05, 0) is 12.8 Å². The zero-order valence-electron chi connectivity index (χ0n) is 8.66. The molecule has 1 aliphatic rings. The zero-order valence-corrected chi connectivity index (χ0v) is 8.66. The largest absolute Gasteiger partial charge is 0.480 e. The minimum atomic E-state index is -0.822. The van der Waals surface area contributed by atoms with Crippen LogP contribution in [0.25, 0.3) is 0 Å². The van der Waals surface area contributed by atoms with E-state index in [1.807, 2.05) is 0 Å². The van der Waals surface area contributed by atoms with Crippen LogP contribution in [0, 0.1) is 0 Å². The van der Waals surface area contributed by atoms with E-state index in [-0.39, 0.29) is 6.61 Å². The van der Waals surface area contributed by atoms with Gasteiger partial charge < -0.3 is 9.84 Å². The number of carbonyl (C=O) groups is 1. The van der Waals surface area contributed by atoms with Crippen molar-refractivity contribution in [1.29, 1.82) is 0 Å². The summed E-state index contributed by atoms with van der Waals surface area (Å²) in [6, 6.07) is -0.192. The molecule has 14 heavy (non-hydrogen) atoms. The molecular formula is C10H19NO3. The van der Waals surface area contributed by atoms with Crippen LogP contribution in [0.3, 0.4) is 0 Å². The first-order chi connectivity index (χ1) is 6.74. The van der Waals surface area contributed by atoms with Crippen molar-refractivity contribution in [3.05, 3.63) is 0 Å². The normalized spacial score (nSPS) is 20.6. The molecule has 0 amide bonds. The third kappa shape index (κ3) is 3.64. The van der Waals surface area contributed by atoms with Gasteiger partial charge in [0.2, 0.25) is 0 Å². The van der Waals surface area contributed by atoms with Gasteiger partial charge in [-0.3, -0.25) is 10.1 Å². The summed E-state index contributed by atoms with van der Waals surface area (Å²) in [4.78, 5) is 10.8. The lowest BCUT2D eigenvalue weighted by Crippen LogP contribution is -2.46. The smallest absolute Gasteiger partial charge is 0.323 e. The maximum Gasteiger partial charge on any atom is 0.323 e. The zero-order chi connectivity index (χ0) is 10.4. The van der Waals surface area contributed by atoms with Crippen LogP contribution < -0.4 is 5.32 Å². The van der Waals surface area contributed by atoms with Gasteiger partial charge in [0.25, 0.3) is 0 Å². The summed E-state index contributed by atoms with van der Waals surface area (Å²) in [5, 5.41) is 12.0. The van der Waals surface area contributed by atoms with Crippen LogP contribution in [0.4, 0.5) is 0 Å². The fraction of sp³-hybridized carbons (Fsp3) is 0.900. The quantitative estimate of drug-likeness (QED) is 0.697. The maximum absolute atomic E-state index is 10.8. The average molecular weight is 201 g/mol. The second-order valence-electron chi connectivity index (χ2n) is 3.85. The Kier molecular flexibility index (Phi) is 4.90. The number of carboxylic acid groups (broad SMARTS) is 1. The van der Waals surface area contributed by atoms with E-state index in [0.29, 0.717) is 6.04 Å². The molecule has 4 nitrogen and oxygen atoms in total. The van der Waals surface area contributed by atoms with E-state index in [0.717, 1.165) is 12.8 Å². The molecule has 1 atom stereocenters. The van der Waals surface area contributed by atoms with E-state index in [4.69, 9.17) is 9.84 Å². The monoisotopic (exact) mass is 201 g/mol. The van der Waals surface area contributed by atoms with Crippen LogP contribution >= 0.6 is 0 Å². The van der Waals surface area contributed by atoms with Gasteiger partial charge >= 0.3 is 5.97 Å². The van der Waals surface area contributed by atoms with E-state index in [2.05, 4.69) is 5.32 Å². The molecule has 1 unspecified atom stereocenters. The fourth-order valence-electron chi connectivity index (χ4n) is 1.91. The lowest BCUT2D eigenvalue weighted by Gasteiger charge is -2.26. The Morgan fingerprint density at radius 2 is 2.14 bits per heavy atom. The first kappa shape index (κ1) is 11.5. The Labute approximate surface area is 84.6 Å². The number of carboxylic acids is 1. The van der Waals surface area contributed by atoms with Gasteiger partial charge in [0, 0.05) is 13.2 Å². The first-order valence-electron chi connectivity index (χ1n) is 5.22. The Bertz CT molecular complexity index is 178. The van der Waals surface area contributed by atoms with Crippen LogP contribution in [-0.2, 0) is 9.53 Å². The standard InChI is InChI=1S/C10H19NO3/c1-14-7-9(10(12)13)11-8-5-3-2-4-6-8/h8-9,11H,2-7H2,1H3,(H,12,13). The summed E-state index contributed by atoms with van der Waals surface area (Å²) in [6.45, 7) is 0.242. The molecule has 0 spiro atoms. The second-order valence-corrected chi connectivity index (χ2v) is 3.85. The number of hydrogen-bond acceptors (Lipinski definition) is 3. The van der Waals surface area contributed by atoms with Crippen molar-refractivity contribution in [2.45, 2.75) is 44.2 Å². The number of ether oxygens (including phenoxy) is 1. The van der Waals surface area contributed by atoms with Gasteiger partial charge in [0.05, 0.1) is 6.61 Å². The molecule has 0 saturated heterocycles. The number of nitrogens with one attached hydrogen (secondary N) is 1. The summed E-state index contributed by atoms with van der Waals surface area (Å²) in [7, 11) is 1.53. The van der Waals surface area contributed by atoms with Crippen LogP contribution in [0.1, 0.15) is 32.1 Å². The minimum absolute atomic E-state index is 0.242. The van der Waals surface area contributed by atoms with Crippen molar-refractivity contribution < 1.29 is 14.6 Å². The SMILES string of the molecule is COCC(NC1CCCCC1)C(=O)O. The molecule has 0 radical (unpaired) electrons. The third-order valence-electron chi connectivity index (χ3n) is 2.67. The van der Waals surface area contributed by atoms with Crippen LogP contribution in [0.15, 0.2) is 0 Å². The van der Waals surface area contributed by atoms with Gasteiger partial charge in [-0.2, -0.15) is 0 Å². The van der Waals surface area contributed by atoms with Gasteiger partial charge in [0.1, 0.15) is 6.04 Å². The molecule has 0 heterocycles. The average Bonchev–Trinajstić information content (AvgIpc) is 2.18. The molecule has 0 aliphatic heterocycles. The summed E-state index contributed by atoms with van der Waals surface area (Å²) in [6.07, 6.45) is 5.87. The van der Waals surface area contributed by atoms with Gasteiger partial charge in [-0.25, -0.2) is 0 Å². The molecule has 0 aromatic carbocycles. The molecular weight excluding hydrogens is 182 g/mol. The summed E-state index contributed by atoms with van der Waals surface area (Å²) < 4.78 is 4.86. The van der Waals surface area contributed by atoms with E-state index in [1.54, 1.807) is 0 Å². The summed E-state index contributed by atoms with van der Waals surface area (Å²) in [5.74, 6) is -0.822. The van der Waals surface area contributed by atoms with Crippen LogP contribution in [0.5, 0.6) is 0 Å². The number of aliphatic carboxylic acids is 1. The third-order valence-corrected chi connectivity index (χ3v) is 2.67. The van der Waals surface area contributed by atoms with Crippen molar-refractivity contribution in [3.63, 3.8) is 0 Å². The molecule has 1 saturated carbocycles. The highest BCUT2D eigenvalue weighted by Crippen LogP contribution is 2.17. The molecule has 1 fully saturated rings. The van der Waals surface area contributed by atoms with Crippen LogP contribution in [0.2, 0.25) is 0 Å². The molecule has 1 rings (SSSR count). The molecule has 1 aliphatic carbocycles. The highest BCUT2D eigenvalue weighted by molar-refractivity contribution is 5.73. The Morgan fingerprint density at radius 3 is 2.64 bits per heavy atom. The van der Waals surface area contributed by atoms with E-state index >= 15 is 0 Å². The molecule has 0 aromatic rings. The second kappa shape index (κ2) is 5.98. The van der Waals surface area contributed by atoms with Gasteiger partial charge in [-0.15, -0.1) is 0 Å². The Balaban J connectivity index is 2.33. The molecule has 0 aromatic heterocycles. The Morgan fingerprint density at radius 1 is 1.50 bits per heavy atom. The lowest BCUT2D eigenvalue weighted by atomic mass is 9.95. The first-order valence-corrected chi connectivity index (χ1v) is 5.22. The van der Waals surface area contributed by atoms with E-state index < -0.39 is 12.0 Å². The lowest BCUT2D eigenvalue weighted by molar-refractivity contribution is -0.141. The van der Waals surface area contributed by atoms with E-state index in [9.17, 15) is 4.79 Å². The van der Waals surface area contributed by atoms with Crippen molar-refractivity contribution in [3.8, 4) is 0 Å².